The first kappa shape index (κ1) is 24.8. The number of hydrogen-bond donors (Lipinski definition) is 3. The van der Waals surface area contributed by atoms with Gasteiger partial charge >= 0.3 is 0 Å². The molecule has 5 rings (SSSR count). The lowest BCUT2D eigenvalue weighted by atomic mass is 10.1. The first-order valence-electron chi connectivity index (χ1n) is 11.9. The van der Waals surface area contributed by atoms with E-state index >= 15 is 0 Å². The Morgan fingerprint density at radius 3 is 2.73 bits per heavy atom. The van der Waals surface area contributed by atoms with Gasteiger partial charge in [0.25, 0.3) is 21.5 Å². The molecule has 12 heteroatoms. The van der Waals surface area contributed by atoms with Gasteiger partial charge in [0.2, 0.25) is 0 Å². The van der Waals surface area contributed by atoms with Crippen molar-refractivity contribution in [3.8, 4) is 11.5 Å². The number of carbonyl (C=O) groups is 1. The van der Waals surface area contributed by atoms with Crippen LogP contribution in [0.1, 0.15) is 38.2 Å². The van der Waals surface area contributed by atoms with Gasteiger partial charge in [-0.25, -0.2) is 4.39 Å². The largest absolute Gasteiger partial charge is 0.506 e. The van der Waals surface area contributed by atoms with Crippen molar-refractivity contribution in [1.29, 1.82) is 0 Å². The number of aromatic nitrogens is 1. The number of amides is 1. The van der Waals surface area contributed by atoms with E-state index in [0.29, 0.717) is 18.0 Å². The quantitative estimate of drug-likeness (QED) is 0.406. The monoisotopic (exact) mass is 528 g/mol. The summed E-state index contributed by atoms with van der Waals surface area (Å²) in [7, 11) is -4.35. The third-order valence-corrected chi connectivity index (χ3v) is 7.87. The van der Waals surface area contributed by atoms with Crippen molar-refractivity contribution in [1.82, 2.24) is 4.57 Å². The summed E-state index contributed by atoms with van der Waals surface area (Å²) in [4.78, 5) is 24.8. The third kappa shape index (κ3) is 4.64. The van der Waals surface area contributed by atoms with Gasteiger partial charge in [-0.15, -0.1) is 4.40 Å². The summed E-state index contributed by atoms with van der Waals surface area (Å²) in [5.41, 5.74) is 4.72. The number of nitrogens with zero attached hydrogens (tertiary/aromatic N) is 2. The molecule has 37 heavy (non-hydrogen) atoms. The average molecular weight is 529 g/mol. The predicted molar refractivity (Wildman–Crippen MR) is 135 cm³/mol. The van der Waals surface area contributed by atoms with Gasteiger partial charge in [-0.05, 0) is 49.1 Å². The summed E-state index contributed by atoms with van der Waals surface area (Å²) < 4.78 is 51.0. The van der Waals surface area contributed by atoms with Gasteiger partial charge in [-0.2, -0.15) is 8.42 Å². The molecule has 0 spiro atoms. The van der Waals surface area contributed by atoms with E-state index in [9.17, 15) is 27.5 Å². The van der Waals surface area contributed by atoms with Crippen molar-refractivity contribution in [2.24, 2.45) is 16.0 Å². The molecular weight excluding hydrogens is 503 g/mol. The van der Waals surface area contributed by atoms with Crippen LogP contribution in [0.3, 0.4) is 0 Å². The van der Waals surface area contributed by atoms with Gasteiger partial charge in [0.15, 0.2) is 11.9 Å². The Bertz CT molecular complexity index is 1630. The zero-order chi connectivity index (χ0) is 26.5. The molecular formula is C25H25FN4O6S. The summed E-state index contributed by atoms with van der Waals surface area (Å²) in [5, 5.41) is 13.9. The first-order valence-corrected chi connectivity index (χ1v) is 13.3. The van der Waals surface area contributed by atoms with Crippen LogP contribution in [0.25, 0.3) is 10.9 Å². The van der Waals surface area contributed by atoms with Crippen LogP contribution in [0.4, 0.5) is 10.1 Å². The molecule has 194 valence electrons. The molecule has 0 saturated heterocycles. The Morgan fingerprint density at radius 2 is 2.05 bits per heavy atom. The lowest BCUT2D eigenvalue weighted by molar-refractivity contribution is -0.124. The topological polar surface area (TPSA) is 153 Å². The molecule has 0 radical (unpaired) electrons. The maximum absolute atomic E-state index is 14.1. The Kier molecular flexibility index (Phi) is 6.14. The van der Waals surface area contributed by atoms with Gasteiger partial charge in [-0.3, -0.25) is 9.59 Å². The number of carbonyl (C=O) groups excluding carboxylic acids is 1. The van der Waals surface area contributed by atoms with E-state index in [4.69, 9.17) is 10.5 Å². The number of primary amides is 1. The highest BCUT2D eigenvalue weighted by Crippen LogP contribution is 2.36. The van der Waals surface area contributed by atoms with Gasteiger partial charge in [0.1, 0.15) is 27.8 Å². The number of anilines is 1. The fourth-order valence-electron chi connectivity index (χ4n) is 4.39. The fourth-order valence-corrected chi connectivity index (χ4v) is 5.53. The van der Waals surface area contributed by atoms with E-state index in [1.807, 2.05) is 0 Å². The average Bonchev–Trinajstić information content (AvgIpc) is 3.67. The van der Waals surface area contributed by atoms with Crippen LogP contribution in [-0.2, 0) is 21.4 Å². The summed E-state index contributed by atoms with van der Waals surface area (Å²) in [6.45, 7) is 2.02. The molecule has 1 unspecified atom stereocenters. The number of sulfonamides is 1. The molecule has 1 saturated carbocycles. The number of halogens is 1. The number of benzene rings is 2. The van der Waals surface area contributed by atoms with Crippen molar-refractivity contribution in [3.05, 3.63) is 58.1 Å². The Hall–Kier alpha value is -3.93. The number of aryl methyl sites for hydroxylation is 1. The predicted octanol–water partition coefficient (Wildman–Crippen LogP) is 2.85. The van der Waals surface area contributed by atoms with Crippen molar-refractivity contribution >= 4 is 38.4 Å². The molecule has 4 N–H and O–H groups in total. The molecule has 3 aromatic rings. The number of pyridine rings is 1. The maximum Gasteiger partial charge on any atom is 0.286 e. The number of fused-ring (bicyclic) bond motifs is 2. The van der Waals surface area contributed by atoms with Crippen LogP contribution in [0.15, 0.2) is 50.5 Å². The van der Waals surface area contributed by atoms with E-state index < -0.39 is 39.2 Å². The van der Waals surface area contributed by atoms with E-state index in [1.165, 1.54) is 34.9 Å². The van der Waals surface area contributed by atoms with Crippen LogP contribution >= 0.6 is 0 Å². The van der Waals surface area contributed by atoms with E-state index in [2.05, 4.69) is 9.71 Å². The van der Waals surface area contributed by atoms with E-state index in [0.717, 1.165) is 25.3 Å². The van der Waals surface area contributed by atoms with Crippen LogP contribution in [-0.4, -0.2) is 35.9 Å². The molecule has 10 nitrogen and oxygen atoms in total. The second-order valence-electron chi connectivity index (χ2n) is 9.19. The highest BCUT2D eigenvalue weighted by Gasteiger charge is 2.31. The van der Waals surface area contributed by atoms with Crippen LogP contribution < -0.4 is 21.3 Å². The molecule has 2 aliphatic rings. The summed E-state index contributed by atoms with van der Waals surface area (Å²) in [5.74, 6) is -1.66. The lowest BCUT2D eigenvalue weighted by Crippen LogP contribution is -2.33. The van der Waals surface area contributed by atoms with Crippen LogP contribution in [0.2, 0.25) is 0 Å². The number of rotatable bonds is 8. The Balaban J connectivity index is 1.60. The SMILES string of the molecule is CCC(Oc1ccc2c(c1)S(=O)(=O)N=C(c1c(O)c3cc(F)ccc3n(CCC3CC3)c1=O)N2)C(N)=O. The number of ether oxygens (including phenoxy) is 1. The first-order chi connectivity index (χ1) is 17.6. The van der Waals surface area contributed by atoms with Crippen LogP contribution in [0.5, 0.6) is 11.5 Å². The number of hydrogen-bond acceptors (Lipinski definition) is 7. The standard InChI is InChI=1S/C25H25FN4O6S/c1-2-19(23(27)32)36-15-6-7-17-20(12-15)37(34,35)29-24(28-17)21-22(31)16-11-14(26)5-8-18(16)30(25(21)33)10-9-13-3-4-13/h5-8,11-13,19,31H,2-4,9-10H2,1H3,(H2,27,32)(H,28,29). The normalized spacial score (nSPS) is 17.0. The third-order valence-electron chi connectivity index (χ3n) is 6.56. The van der Waals surface area contributed by atoms with E-state index in [-0.39, 0.29) is 39.5 Å². The number of nitrogens with two attached hydrogens (primary N) is 1. The van der Waals surface area contributed by atoms with Crippen molar-refractivity contribution in [2.75, 3.05) is 5.32 Å². The second-order valence-corrected chi connectivity index (χ2v) is 10.8. The van der Waals surface area contributed by atoms with Gasteiger partial charge in [-0.1, -0.05) is 19.8 Å². The number of aromatic hydroxyl groups is 1. The Morgan fingerprint density at radius 1 is 1.30 bits per heavy atom. The molecule has 2 heterocycles. The molecule has 1 aliphatic carbocycles. The summed E-state index contributed by atoms with van der Waals surface area (Å²) >= 11 is 0. The minimum atomic E-state index is -4.35. The summed E-state index contributed by atoms with van der Waals surface area (Å²) in [6, 6.07) is 7.76. The molecule has 1 amide bonds. The molecule has 2 aromatic carbocycles. The maximum atomic E-state index is 14.1. The zero-order valence-corrected chi connectivity index (χ0v) is 20.7. The fraction of sp³-hybridized carbons (Fsp3) is 0.320. The molecule has 1 fully saturated rings. The van der Waals surface area contributed by atoms with E-state index in [1.54, 1.807) is 6.92 Å². The smallest absolute Gasteiger partial charge is 0.286 e. The summed E-state index contributed by atoms with van der Waals surface area (Å²) in [6.07, 6.45) is 2.21. The molecule has 0 bridgehead atoms. The molecule has 1 aromatic heterocycles. The van der Waals surface area contributed by atoms with Crippen molar-refractivity contribution in [2.45, 2.75) is 50.2 Å². The number of amidine groups is 1. The van der Waals surface area contributed by atoms with Crippen LogP contribution in [0, 0.1) is 11.7 Å². The van der Waals surface area contributed by atoms with Crippen molar-refractivity contribution < 1.29 is 27.4 Å². The highest BCUT2D eigenvalue weighted by molar-refractivity contribution is 7.90. The van der Waals surface area contributed by atoms with Gasteiger partial charge < -0.3 is 25.5 Å². The highest BCUT2D eigenvalue weighted by atomic mass is 32.2. The minimum absolute atomic E-state index is 0.0684. The second kappa shape index (κ2) is 9.18. The minimum Gasteiger partial charge on any atom is -0.506 e. The Labute approximate surface area is 211 Å². The molecule has 1 atom stereocenters. The lowest BCUT2D eigenvalue weighted by Gasteiger charge is -2.22. The zero-order valence-electron chi connectivity index (χ0n) is 19.9. The number of nitrogens with one attached hydrogen (secondary N) is 1. The molecule has 1 aliphatic heterocycles. The van der Waals surface area contributed by atoms with Gasteiger partial charge in [0.05, 0.1) is 11.2 Å². The van der Waals surface area contributed by atoms with Gasteiger partial charge in [0, 0.05) is 18.0 Å². The van der Waals surface area contributed by atoms with Crippen molar-refractivity contribution in [3.63, 3.8) is 0 Å².